The van der Waals surface area contributed by atoms with Crippen LogP contribution in [-0.2, 0) is 9.59 Å². The number of aliphatic hydroxyl groups is 1. The third-order valence-corrected chi connectivity index (χ3v) is 2.00. The molecule has 1 fully saturated rings. The molecule has 1 aliphatic heterocycles. The first-order valence-electron chi connectivity index (χ1n) is 4.34. The third-order valence-electron chi connectivity index (χ3n) is 2.00. The van der Waals surface area contributed by atoms with E-state index in [-0.39, 0.29) is 30.5 Å². The Morgan fingerprint density at radius 1 is 1.69 bits per heavy atom. The van der Waals surface area contributed by atoms with Gasteiger partial charge in [0.05, 0.1) is 12.6 Å². The van der Waals surface area contributed by atoms with E-state index < -0.39 is 0 Å². The van der Waals surface area contributed by atoms with E-state index in [4.69, 9.17) is 5.11 Å². The molecule has 0 aliphatic carbocycles. The predicted molar refractivity (Wildman–Crippen MR) is 45.9 cm³/mol. The zero-order valence-electron chi connectivity index (χ0n) is 7.54. The van der Waals surface area contributed by atoms with E-state index >= 15 is 0 Å². The summed E-state index contributed by atoms with van der Waals surface area (Å²) in [5.74, 6) is -0.517. The number of nitrogens with one attached hydrogen (secondary N) is 2. The van der Waals surface area contributed by atoms with Crippen LogP contribution in [0, 0.1) is 0 Å². The molecule has 0 aromatic carbocycles. The van der Waals surface area contributed by atoms with Gasteiger partial charge in [-0.25, -0.2) is 0 Å². The first-order chi connectivity index (χ1) is 6.13. The third kappa shape index (κ3) is 2.78. The molecule has 2 atom stereocenters. The van der Waals surface area contributed by atoms with E-state index in [9.17, 15) is 9.59 Å². The van der Waals surface area contributed by atoms with Crippen LogP contribution >= 0.6 is 0 Å². The van der Waals surface area contributed by atoms with Crippen molar-refractivity contribution >= 4 is 11.8 Å². The molecule has 13 heavy (non-hydrogen) atoms. The second-order valence-corrected chi connectivity index (χ2v) is 3.25. The van der Waals surface area contributed by atoms with E-state index in [1.807, 2.05) is 0 Å². The number of piperidine rings is 1. The van der Waals surface area contributed by atoms with Gasteiger partial charge in [-0.15, -0.1) is 0 Å². The number of rotatable bonds is 3. The van der Waals surface area contributed by atoms with Crippen molar-refractivity contribution in [1.29, 1.82) is 0 Å². The molecule has 2 amide bonds. The summed E-state index contributed by atoms with van der Waals surface area (Å²) in [4.78, 5) is 21.9. The second-order valence-electron chi connectivity index (χ2n) is 3.25. The SMILES string of the molecule is CC(CO)NC1CCC(=O)NC1=O. The summed E-state index contributed by atoms with van der Waals surface area (Å²) in [5.41, 5.74) is 0. The molecule has 74 valence electrons. The Hall–Kier alpha value is -0.940. The van der Waals surface area contributed by atoms with Crippen LogP contribution in [0.5, 0.6) is 0 Å². The van der Waals surface area contributed by atoms with E-state index in [1.54, 1.807) is 6.92 Å². The van der Waals surface area contributed by atoms with Gasteiger partial charge in [-0.1, -0.05) is 0 Å². The van der Waals surface area contributed by atoms with E-state index in [0.717, 1.165) is 0 Å². The Morgan fingerprint density at radius 2 is 2.38 bits per heavy atom. The van der Waals surface area contributed by atoms with Gasteiger partial charge in [-0.3, -0.25) is 14.9 Å². The summed E-state index contributed by atoms with van der Waals surface area (Å²) in [6, 6.07) is -0.469. The summed E-state index contributed by atoms with van der Waals surface area (Å²) < 4.78 is 0. The van der Waals surface area contributed by atoms with Crippen LogP contribution in [0.4, 0.5) is 0 Å². The van der Waals surface area contributed by atoms with Gasteiger partial charge >= 0.3 is 0 Å². The van der Waals surface area contributed by atoms with Crippen molar-refractivity contribution in [3.05, 3.63) is 0 Å². The van der Waals surface area contributed by atoms with Crippen LogP contribution in [0.3, 0.4) is 0 Å². The topological polar surface area (TPSA) is 78.4 Å². The second kappa shape index (κ2) is 4.34. The Kier molecular flexibility index (Phi) is 3.39. The fourth-order valence-corrected chi connectivity index (χ4v) is 1.25. The van der Waals surface area contributed by atoms with Crippen LogP contribution in [-0.4, -0.2) is 35.6 Å². The molecular formula is C8H14N2O3. The number of hydrogen-bond donors (Lipinski definition) is 3. The average Bonchev–Trinajstić information content (AvgIpc) is 2.09. The van der Waals surface area contributed by atoms with Crippen molar-refractivity contribution in [3.63, 3.8) is 0 Å². The summed E-state index contributed by atoms with van der Waals surface area (Å²) in [6.45, 7) is 1.77. The number of carbonyl (C=O) groups is 2. The van der Waals surface area contributed by atoms with Gasteiger partial charge < -0.3 is 10.4 Å². The van der Waals surface area contributed by atoms with Crippen LogP contribution in [0.2, 0.25) is 0 Å². The lowest BCUT2D eigenvalue weighted by atomic mass is 10.1. The standard InChI is InChI=1S/C8H14N2O3/c1-5(4-11)9-6-2-3-7(12)10-8(6)13/h5-6,9,11H,2-4H2,1H3,(H,10,12,13). The lowest BCUT2D eigenvalue weighted by Crippen LogP contribution is -2.53. The molecule has 5 heteroatoms. The molecule has 0 saturated carbocycles. The number of imide groups is 1. The molecule has 2 unspecified atom stereocenters. The minimum atomic E-state index is -0.347. The summed E-state index contributed by atoms with van der Waals surface area (Å²) >= 11 is 0. The minimum Gasteiger partial charge on any atom is -0.395 e. The monoisotopic (exact) mass is 186 g/mol. The van der Waals surface area contributed by atoms with Crippen molar-refractivity contribution < 1.29 is 14.7 Å². The molecule has 5 nitrogen and oxygen atoms in total. The van der Waals surface area contributed by atoms with Crippen molar-refractivity contribution in [2.75, 3.05) is 6.61 Å². The number of aliphatic hydroxyl groups excluding tert-OH is 1. The summed E-state index contributed by atoms with van der Waals surface area (Å²) in [6.07, 6.45) is 0.872. The van der Waals surface area contributed by atoms with Gasteiger partial charge in [0.1, 0.15) is 0 Å². The van der Waals surface area contributed by atoms with Gasteiger partial charge in [0, 0.05) is 12.5 Å². The van der Waals surface area contributed by atoms with Crippen LogP contribution in [0.25, 0.3) is 0 Å². The molecular weight excluding hydrogens is 172 g/mol. The van der Waals surface area contributed by atoms with Crippen molar-refractivity contribution in [2.24, 2.45) is 0 Å². The molecule has 1 aliphatic rings. The fourth-order valence-electron chi connectivity index (χ4n) is 1.25. The minimum absolute atomic E-state index is 0.0161. The first-order valence-corrected chi connectivity index (χ1v) is 4.34. The Morgan fingerprint density at radius 3 is 2.92 bits per heavy atom. The van der Waals surface area contributed by atoms with Crippen LogP contribution in [0.1, 0.15) is 19.8 Å². The maximum absolute atomic E-state index is 11.2. The summed E-state index contributed by atoms with van der Waals surface area (Å²) in [7, 11) is 0. The quantitative estimate of drug-likeness (QED) is 0.482. The number of amides is 2. The molecule has 1 heterocycles. The molecule has 0 spiro atoms. The fraction of sp³-hybridized carbons (Fsp3) is 0.750. The zero-order valence-corrected chi connectivity index (χ0v) is 7.54. The molecule has 0 radical (unpaired) electrons. The lowest BCUT2D eigenvalue weighted by molar-refractivity contribution is -0.134. The highest BCUT2D eigenvalue weighted by Gasteiger charge is 2.26. The molecule has 0 aromatic heterocycles. The van der Waals surface area contributed by atoms with Gasteiger partial charge in [0.25, 0.3) is 0 Å². The van der Waals surface area contributed by atoms with E-state index in [2.05, 4.69) is 10.6 Å². The first kappa shape index (κ1) is 10.1. The van der Waals surface area contributed by atoms with Gasteiger partial charge in [0.15, 0.2) is 0 Å². The smallest absolute Gasteiger partial charge is 0.243 e. The van der Waals surface area contributed by atoms with Gasteiger partial charge in [0.2, 0.25) is 11.8 Å². The Balaban J connectivity index is 2.42. The van der Waals surface area contributed by atoms with E-state index in [0.29, 0.717) is 12.8 Å². The normalized spacial score (nSPS) is 25.5. The van der Waals surface area contributed by atoms with Crippen LogP contribution in [0.15, 0.2) is 0 Å². The maximum Gasteiger partial charge on any atom is 0.243 e. The highest BCUT2D eigenvalue weighted by molar-refractivity contribution is 6.00. The van der Waals surface area contributed by atoms with Crippen molar-refractivity contribution in [3.8, 4) is 0 Å². The van der Waals surface area contributed by atoms with Crippen molar-refractivity contribution in [2.45, 2.75) is 31.8 Å². The Labute approximate surface area is 76.5 Å². The Bertz CT molecular complexity index is 217. The number of hydrogen-bond acceptors (Lipinski definition) is 4. The molecule has 1 saturated heterocycles. The maximum atomic E-state index is 11.2. The summed E-state index contributed by atoms with van der Waals surface area (Å²) in [5, 5.41) is 13.9. The molecule has 1 rings (SSSR count). The molecule has 3 N–H and O–H groups in total. The molecule has 0 aromatic rings. The predicted octanol–water partition coefficient (Wildman–Crippen LogP) is -1.24. The lowest BCUT2D eigenvalue weighted by Gasteiger charge is -2.24. The number of carbonyl (C=O) groups excluding carboxylic acids is 2. The highest BCUT2D eigenvalue weighted by Crippen LogP contribution is 2.04. The van der Waals surface area contributed by atoms with Gasteiger partial charge in [-0.2, -0.15) is 0 Å². The zero-order chi connectivity index (χ0) is 9.84. The average molecular weight is 186 g/mol. The largest absolute Gasteiger partial charge is 0.395 e. The van der Waals surface area contributed by atoms with Crippen molar-refractivity contribution in [1.82, 2.24) is 10.6 Å². The van der Waals surface area contributed by atoms with E-state index in [1.165, 1.54) is 0 Å². The van der Waals surface area contributed by atoms with Crippen LogP contribution < -0.4 is 10.6 Å². The highest BCUT2D eigenvalue weighted by atomic mass is 16.3. The van der Waals surface area contributed by atoms with Gasteiger partial charge in [-0.05, 0) is 13.3 Å². The molecule has 0 bridgehead atoms.